The lowest BCUT2D eigenvalue weighted by molar-refractivity contribution is -0.131. The first-order chi connectivity index (χ1) is 16.7. The number of nitrogens with zero attached hydrogens (tertiary/aromatic N) is 2. The Morgan fingerprint density at radius 1 is 0.853 bits per heavy atom. The molecule has 0 spiro atoms. The van der Waals surface area contributed by atoms with Crippen molar-refractivity contribution < 1.29 is 9.53 Å². The third-order valence-corrected chi connectivity index (χ3v) is 6.74. The predicted molar refractivity (Wildman–Crippen MR) is 137 cm³/mol. The van der Waals surface area contributed by atoms with Crippen LogP contribution in [0.4, 0.5) is 0 Å². The van der Waals surface area contributed by atoms with Gasteiger partial charge in [0.2, 0.25) is 5.91 Å². The van der Waals surface area contributed by atoms with E-state index in [9.17, 15) is 4.79 Å². The molecule has 0 aliphatic carbocycles. The summed E-state index contributed by atoms with van der Waals surface area (Å²) in [6.07, 6.45) is 6.17. The van der Waals surface area contributed by atoms with Gasteiger partial charge in [0.25, 0.3) is 0 Å². The number of amides is 1. The minimum Gasteiger partial charge on any atom is -0.497 e. The fourth-order valence-corrected chi connectivity index (χ4v) is 4.80. The van der Waals surface area contributed by atoms with Gasteiger partial charge in [-0.05, 0) is 58.9 Å². The number of hydrogen-bond acceptors (Lipinski definition) is 3. The number of fused-ring (bicyclic) bond motifs is 1. The van der Waals surface area contributed by atoms with Crippen LogP contribution >= 0.6 is 0 Å². The lowest BCUT2D eigenvalue weighted by atomic mass is 9.98. The van der Waals surface area contributed by atoms with Gasteiger partial charge in [0.1, 0.15) is 5.75 Å². The van der Waals surface area contributed by atoms with Crippen LogP contribution in [0.3, 0.4) is 0 Å². The van der Waals surface area contributed by atoms with Gasteiger partial charge < -0.3 is 14.5 Å². The first kappa shape index (κ1) is 22.0. The summed E-state index contributed by atoms with van der Waals surface area (Å²) in [5.74, 6) is 1.06. The molecular weight excluding hydrogens is 420 g/mol. The summed E-state index contributed by atoms with van der Waals surface area (Å²) in [5.41, 5.74) is 7.22. The molecule has 34 heavy (non-hydrogen) atoms. The summed E-state index contributed by atoms with van der Waals surface area (Å²) in [6, 6.07) is 27.1. The molecule has 0 N–H and O–H groups in total. The number of allylic oxidation sites excluding steroid dienone is 2. The van der Waals surface area contributed by atoms with Crippen LogP contribution in [0, 0.1) is 0 Å². The second-order valence-corrected chi connectivity index (χ2v) is 8.82. The first-order valence-electron chi connectivity index (χ1n) is 11.9. The highest BCUT2D eigenvalue weighted by molar-refractivity contribution is 5.87. The standard InChI is InChI=1S/C30H30N2O2/c1-34-28-13-12-24-14-17-31(18-15-26(24)20-28)30(33)22-32-19-16-27(23-8-4-2-5-9-23)21-29(32)25-10-6-3-7-11-25/h2-13,16,20-21H,14-15,17-19,22H2,1H3. The number of carbonyl (C=O) groups excluding carboxylic acids is 1. The highest BCUT2D eigenvalue weighted by Crippen LogP contribution is 2.30. The van der Waals surface area contributed by atoms with Gasteiger partial charge in [-0.2, -0.15) is 0 Å². The van der Waals surface area contributed by atoms with E-state index in [1.54, 1.807) is 7.11 Å². The zero-order valence-electron chi connectivity index (χ0n) is 19.6. The Bertz CT molecular complexity index is 1220. The molecule has 4 heteroatoms. The zero-order valence-corrected chi connectivity index (χ0v) is 19.6. The van der Waals surface area contributed by atoms with Crippen LogP contribution in [0.2, 0.25) is 0 Å². The molecule has 0 aromatic heterocycles. The van der Waals surface area contributed by atoms with E-state index in [1.165, 1.54) is 22.3 Å². The number of methoxy groups -OCH3 is 1. The SMILES string of the molecule is COc1ccc2c(c1)CCN(C(=O)CN1CC=C(c3ccccc3)C=C1c1ccccc1)CC2. The number of benzene rings is 3. The Morgan fingerprint density at radius 3 is 2.24 bits per heavy atom. The molecule has 5 rings (SSSR count). The molecule has 2 heterocycles. The van der Waals surface area contributed by atoms with Gasteiger partial charge in [0.05, 0.1) is 13.7 Å². The fourth-order valence-electron chi connectivity index (χ4n) is 4.80. The Kier molecular flexibility index (Phi) is 6.48. The van der Waals surface area contributed by atoms with Crippen molar-refractivity contribution in [1.82, 2.24) is 9.80 Å². The van der Waals surface area contributed by atoms with Crippen molar-refractivity contribution >= 4 is 17.2 Å². The summed E-state index contributed by atoms with van der Waals surface area (Å²) < 4.78 is 5.39. The molecule has 1 amide bonds. The van der Waals surface area contributed by atoms with Gasteiger partial charge in [-0.15, -0.1) is 0 Å². The van der Waals surface area contributed by atoms with Crippen LogP contribution in [0.25, 0.3) is 11.3 Å². The predicted octanol–water partition coefficient (Wildman–Crippen LogP) is 5.06. The van der Waals surface area contributed by atoms with E-state index in [-0.39, 0.29) is 5.91 Å². The van der Waals surface area contributed by atoms with Crippen molar-refractivity contribution in [2.75, 3.05) is 33.3 Å². The zero-order chi connectivity index (χ0) is 23.3. The maximum Gasteiger partial charge on any atom is 0.242 e. The maximum atomic E-state index is 13.4. The molecular formula is C30H30N2O2. The van der Waals surface area contributed by atoms with Gasteiger partial charge >= 0.3 is 0 Å². The second-order valence-electron chi connectivity index (χ2n) is 8.82. The van der Waals surface area contributed by atoms with E-state index < -0.39 is 0 Å². The largest absolute Gasteiger partial charge is 0.497 e. The molecule has 172 valence electrons. The number of rotatable bonds is 5. The average molecular weight is 451 g/mol. The third-order valence-electron chi connectivity index (χ3n) is 6.74. The highest BCUT2D eigenvalue weighted by atomic mass is 16.5. The normalized spacial score (nSPS) is 15.7. The van der Waals surface area contributed by atoms with E-state index in [0.717, 1.165) is 42.9 Å². The lowest BCUT2D eigenvalue weighted by Crippen LogP contribution is -2.41. The van der Waals surface area contributed by atoms with E-state index >= 15 is 0 Å². The molecule has 4 nitrogen and oxygen atoms in total. The molecule has 0 saturated carbocycles. The van der Waals surface area contributed by atoms with Gasteiger partial charge in [0, 0.05) is 25.3 Å². The van der Waals surface area contributed by atoms with Crippen molar-refractivity contribution in [3.63, 3.8) is 0 Å². The maximum absolute atomic E-state index is 13.4. The Hall–Kier alpha value is -3.79. The summed E-state index contributed by atoms with van der Waals surface area (Å²) in [4.78, 5) is 17.7. The number of hydrogen-bond donors (Lipinski definition) is 0. The van der Waals surface area contributed by atoms with Gasteiger partial charge in [-0.3, -0.25) is 4.79 Å². The minimum absolute atomic E-state index is 0.179. The van der Waals surface area contributed by atoms with Gasteiger partial charge in [-0.25, -0.2) is 0 Å². The van der Waals surface area contributed by atoms with E-state index in [2.05, 4.69) is 77.7 Å². The van der Waals surface area contributed by atoms with Crippen LogP contribution < -0.4 is 4.74 Å². The molecule has 0 saturated heterocycles. The molecule has 2 aliphatic rings. The van der Waals surface area contributed by atoms with Crippen molar-refractivity contribution in [2.45, 2.75) is 12.8 Å². The van der Waals surface area contributed by atoms with Crippen molar-refractivity contribution in [3.05, 3.63) is 113 Å². The number of ether oxygens (including phenoxy) is 1. The van der Waals surface area contributed by atoms with Crippen LogP contribution in [0.1, 0.15) is 22.3 Å². The van der Waals surface area contributed by atoms with Crippen LogP contribution in [-0.4, -0.2) is 49.0 Å². The smallest absolute Gasteiger partial charge is 0.242 e. The molecule has 3 aromatic carbocycles. The van der Waals surface area contributed by atoms with Crippen molar-refractivity contribution in [2.24, 2.45) is 0 Å². The van der Waals surface area contributed by atoms with E-state index in [4.69, 9.17) is 4.74 Å². The Morgan fingerprint density at radius 2 is 1.53 bits per heavy atom. The fraction of sp³-hybridized carbons (Fsp3) is 0.233. The molecule has 0 bridgehead atoms. The van der Waals surface area contributed by atoms with Gasteiger partial charge in [0.15, 0.2) is 0 Å². The number of carbonyl (C=O) groups is 1. The Labute approximate surface area is 201 Å². The molecule has 0 fully saturated rings. The van der Waals surface area contributed by atoms with E-state index in [1.807, 2.05) is 23.1 Å². The van der Waals surface area contributed by atoms with Crippen molar-refractivity contribution in [1.29, 1.82) is 0 Å². The Balaban J connectivity index is 1.33. The quantitative estimate of drug-likeness (QED) is 0.545. The van der Waals surface area contributed by atoms with Gasteiger partial charge in [-0.1, -0.05) is 72.8 Å². The van der Waals surface area contributed by atoms with Crippen LogP contribution in [0.5, 0.6) is 5.75 Å². The minimum atomic E-state index is 0.179. The average Bonchev–Trinajstić information content (AvgIpc) is 3.12. The topological polar surface area (TPSA) is 32.8 Å². The summed E-state index contributed by atoms with van der Waals surface area (Å²) in [5, 5.41) is 0. The monoisotopic (exact) mass is 450 g/mol. The third kappa shape index (κ3) is 4.76. The molecule has 3 aromatic rings. The summed E-state index contributed by atoms with van der Waals surface area (Å²) in [7, 11) is 1.70. The molecule has 2 aliphatic heterocycles. The second kappa shape index (κ2) is 10.0. The lowest BCUT2D eigenvalue weighted by Gasteiger charge is -2.32. The van der Waals surface area contributed by atoms with Crippen molar-refractivity contribution in [3.8, 4) is 5.75 Å². The highest BCUT2D eigenvalue weighted by Gasteiger charge is 2.24. The molecule has 0 atom stereocenters. The van der Waals surface area contributed by atoms with E-state index in [0.29, 0.717) is 13.1 Å². The van der Waals surface area contributed by atoms with Crippen LogP contribution in [-0.2, 0) is 17.6 Å². The first-order valence-corrected chi connectivity index (χ1v) is 11.9. The van der Waals surface area contributed by atoms with Crippen LogP contribution in [0.15, 0.2) is 91.0 Å². The summed E-state index contributed by atoms with van der Waals surface area (Å²) >= 11 is 0. The molecule has 0 radical (unpaired) electrons. The molecule has 0 unspecified atom stereocenters. The summed E-state index contributed by atoms with van der Waals surface area (Å²) in [6.45, 7) is 2.57.